The normalized spacial score (nSPS) is 11.8. The molecule has 0 aliphatic heterocycles. The van der Waals surface area contributed by atoms with E-state index < -0.39 is 9.84 Å². The molecule has 0 saturated carbocycles. The molecule has 0 amide bonds. The van der Waals surface area contributed by atoms with Crippen LogP contribution in [0.3, 0.4) is 0 Å². The number of hydrogen-bond donors (Lipinski definition) is 0. The van der Waals surface area contributed by atoms with Gasteiger partial charge in [-0.2, -0.15) is 0 Å². The Morgan fingerprint density at radius 3 is 2.58 bits per heavy atom. The molecule has 0 atom stereocenters. The fraction of sp³-hybridized carbons (Fsp3) is 0.600. The smallest absolute Gasteiger partial charge is 0.221 e. The summed E-state index contributed by atoms with van der Waals surface area (Å²) >= 11 is 6.39. The SMILES string of the molecule is Cc1nnc(S(=O)(=O)CCCl)s1. The lowest BCUT2D eigenvalue weighted by molar-refractivity contribution is 0.595. The summed E-state index contributed by atoms with van der Waals surface area (Å²) in [5.74, 6) is 0.00412. The Balaban J connectivity index is 2.98. The maximum absolute atomic E-state index is 11.3. The predicted octanol–water partition coefficient (Wildman–Crippen LogP) is 0.859. The zero-order valence-electron chi connectivity index (χ0n) is 6.32. The van der Waals surface area contributed by atoms with Crippen LogP contribution in [0.5, 0.6) is 0 Å². The Hall–Kier alpha value is -0.200. The topological polar surface area (TPSA) is 59.9 Å². The largest absolute Gasteiger partial charge is 0.232 e. The van der Waals surface area contributed by atoms with Crippen molar-refractivity contribution in [3.05, 3.63) is 5.01 Å². The molecule has 4 nitrogen and oxygen atoms in total. The average molecular weight is 227 g/mol. The molecule has 0 unspecified atom stereocenters. The average Bonchev–Trinajstić information content (AvgIpc) is 2.36. The highest BCUT2D eigenvalue weighted by Gasteiger charge is 2.18. The Morgan fingerprint density at radius 1 is 1.50 bits per heavy atom. The van der Waals surface area contributed by atoms with Crippen LogP contribution in [-0.2, 0) is 9.84 Å². The molecule has 1 heterocycles. The third-order valence-corrected chi connectivity index (χ3v) is 4.53. The summed E-state index contributed by atoms with van der Waals surface area (Å²) in [7, 11) is -3.28. The molecule has 0 saturated heterocycles. The highest BCUT2D eigenvalue weighted by atomic mass is 35.5. The molecule has 0 radical (unpaired) electrons. The third kappa shape index (κ3) is 2.15. The second kappa shape index (κ2) is 3.68. The van der Waals surface area contributed by atoms with Crippen LogP contribution in [0.4, 0.5) is 0 Å². The minimum atomic E-state index is -3.28. The Bertz CT molecular complexity index is 359. The fourth-order valence-electron chi connectivity index (χ4n) is 0.593. The van der Waals surface area contributed by atoms with Crippen LogP contribution < -0.4 is 0 Å². The van der Waals surface area contributed by atoms with Gasteiger partial charge >= 0.3 is 0 Å². The zero-order valence-corrected chi connectivity index (χ0v) is 8.71. The highest BCUT2D eigenvalue weighted by molar-refractivity contribution is 7.93. The minimum absolute atomic E-state index is 0.0562. The van der Waals surface area contributed by atoms with E-state index in [-0.39, 0.29) is 16.0 Å². The van der Waals surface area contributed by atoms with Gasteiger partial charge in [-0.05, 0) is 6.92 Å². The molecule has 12 heavy (non-hydrogen) atoms. The van der Waals surface area contributed by atoms with Gasteiger partial charge in [0.2, 0.25) is 14.2 Å². The molecular formula is C5H7ClN2O2S2. The molecule has 0 fully saturated rings. The summed E-state index contributed by atoms with van der Waals surface area (Å²) in [6.45, 7) is 1.71. The van der Waals surface area contributed by atoms with E-state index in [0.29, 0.717) is 5.01 Å². The van der Waals surface area contributed by atoms with Crippen LogP contribution >= 0.6 is 22.9 Å². The molecule has 1 rings (SSSR count). The number of aryl methyl sites for hydroxylation is 1. The van der Waals surface area contributed by atoms with E-state index in [2.05, 4.69) is 10.2 Å². The molecule has 0 N–H and O–H groups in total. The lowest BCUT2D eigenvalue weighted by atomic mass is 10.9. The van der Waals surface area contributed by atoms with Crippen molar-refractivity contribution in [3.63, 3.8) is 0 Å². The van der Waals surface area contributed by atoms with Gasteiger partial charge in [-0.1, -0.05) is 11.3 Å². The first kappa shape index (κ1) is 9.88. The summed E-state index contributed by atoms with van der Waals surface area (Å²) in [6, 6.07) is 0. The van der Waals surface area contributed by atoms with Gasteiger partial charge in [0.25, 0.3) is 0 Å². The van der Waals surface area contributed by atoms with Gasteiger partial charge in [0, 0.05) is 5.88 Å². The van der Waals surface area contributed by atoms with E-state index in [1.807, 2.05) is 0 Å². The van der Waals surface area contributed by atoms with Crippen molar-refractivity contribution in [2.24, 2.45) is 0 Å². The van der Waals surface area contributed by atoms with E-state index in [9.17, 15) is 8.42 Å². The summed E-state index contributed by atoms with van der Waals surface area (Å²) in [5.41, 5.74) is 0. The Morgan fingerprint density at radius 2 is 2.17 bits per heavy atom. The molecule has 0 spiro atoms. The van der Waals surface area contributed by atoms with Crippen molar-refractivity contribution in [2.75, 3.05) is 11.6 Å². The van der Waals surface area contributed by atoms with E-state index in [0.717, 1.165) is 11.3 Å². The molecule has 68 valence electrons. The lowest BCUT2D eigenvalue weighted by Crippen LogP contribution is -2.07. The van der Waals surface area contributed by atoms with Crippen molar-refractivity contribution in [1.82, 2.24) is 10.2 Å². The van der Waals surface area contributed by atoms with Crippen molar-refractivity contribution >= 4 is 32.8 Å². The molecule has 0 aromatic carbocycles. The summed E-state index contributed by atoms with van der Waals surface area (Å²) in [5, 5.41) is 7.78. The van der Waals surface area contributed by atoms with Crippen LogP contribution in [0.25, 0.3) is 0 Å². The fourth-order valence-corrected chi connectivity index (χ4v) is 3.28. The molecular weight excluding hydrogens is 220 g/mol. The van der Waals surface area contributed by atoms with Crippen molar-refractivity contribution in [3.8, 4) is 0 Å². The summed E-state index contributed by atoms with van der Waals surface area (Å²) < 4.78 is 22.6. The first-order valence-electron chi connectivity index (χ1n) is 3.15. The molecule has 1 aromatic heterocycles. The Labute approximate surface area is 79.5 Å². The lowest BCUT2D eigenvalue weighted by Gasteiger charge is -1.93. The van der Waals surface area contributed by atoms with Crippen LogP contribution in [0.2, 0.25) is 0 Å². The van der Waals surface area contributed by atoms with E-state index in [1.54, 1.807) is 6.92 Å². The summed E-state index contributed by atoms with van der Waals surface area (Å²) in [4.78, 5) is 0. The predicted molar refractivity (Wildman–Crippen MR) is 47.4 cm³/mol. The van der Waals surface area contributed by atoms with E-state index in [1.165, 1.54) is 0 Å². The van der Waals surface area contributed by atoms with Gasteiger partial charge in [-0.15, -0.1) is 21.8 Å². The summed E-state index contributed by atoms with van der Waals surface area (Å²) in [6.07, 6.45) is 0. The number of sulfone groups is 1. The quantitative estimate of drug-likeness (QED) is 0.718. The molecule has 0 aliphatic carbocycles. The van der Waals surface area contributed by atoms with Crippen molar-refractivity contribution < 1.29 is 8.42 Å². The Kier molecular flexibility index (Phi) is 3.03. The van der Waals surface area contributed by atoms with Crippen molar-refractivity contribution in [1.29, 1.82) is 0 Å². The van der Waals surface area contributed by atoms with Gasteiger partial charge in [0.05, 0.1) is 5.75 Å². The van der Waals surface area contributed by atoms with Gasteiger partial charge < -0.3 is 0 Å². The number of halogens is 1. The van der Waals surface area contributed by atoms with Crippen LogP contribution in [0.1, 0.15) is 5.01 Å². The van der Waals surface area contributed by atoms with Crippen LogP contribution in [0, 0.1) is 6.92 Å². The molecule has 7 heteroatoms. The van der Waals surface area contributed by atoms with Gasteiger partial charge in [-0.3, -0.25) is 0 Å². The number of rotatable bonds is 3. The molecule has 1 aromatic rings. The van der Waals surface area contributed by atoms with Gasteiger partial charge in [0.15, 0.2) is 0 Å². The number of hydrogen-bond acceptors (Lipinski definition) is 5. The third-order valence-electron chi connectivity index (χ3n) is 1.12. The minimum Gasteiger partial charge on any atom is -0.221 e. The van der Waals surface area contributed by atoms with Crippen LogP contribution in [0.15, 0.2) is 4.34 Å². The first-order valence-corrected chi connectivity index (χ1v) is 6.15. The second-order valence-electron chi connectivity index (χ2n) is 2.09. The standard InChI is InChI=1S/C5H7ClN2O2S2/c1-4-7-8-5(11-4)12(9,10)3-2-6/h2-3H2,1H3. The van der Waals surface area contributed by atoms with Gasteiger partial charge in [-0.25, -0.2) is 8.42 Å². The van der Waals surface area contributed by atoms with Gasteiger partial charge in [0.1, 0.15) is 5.01 Å². The first-order chi connectivity index (χ1) is 5.56. The second-order valence-corrected chi connectivity index (χ2v) is 5.94. The van der Waals surface area contributed by atoms with Crippen molar-refractivity contribution in [2.45, 2.75) is 11.3 Å². The molecule has 0 bridgehead atoms. The zero-order chi connectivity index (χ0) is 9.19. The van der Waals surface area contributed by atoms with E-state index >= 15 is 0 Å². The maximum atomic E-state index is 11.3. The highest BCUT2D eigenvalue weighted by Crippen LogP contribution is 2.15. The monoisotopic (exact) mass is 226 g/mol. The number of alkyl halides is 1. The number of aromatic nitrogens is 2. The van der Waals surface area contributed by atoms with Crippen LogP contribution in [-0.4, -0.2) is 30.2 Å². The number of nitrogens with zero attached hydrogens (tertiary/aromatic N) is 2. The maximum Gasteiger partial charge on any atom is 0.232 e. The van der Waals surface area contributed by atoms with E-state index in [4.69, 9.17) is 11.6 Å². The molecule has 0 aliphatic rings.